The molecule has 0 aliphatic carbocycles. The Hall–Kier alpha value is -2.98. The summed E-state index contributed by atoms with van der Waals surface area (Å²) in [6, 6.07) is 17.2. The molecule has 0 bridgehead atoms. The first kappa shape index (κ1) is 20.7. The van der Waals surface area contributed by atoms with E-state index in [2.05, 4.69) is 0 Å². The molecule has 3 rings (SSSR count). The van der Waals surface area contributed by atoms with E-state index >= 15 is 0 Å². The quantitative estimate of drug-likeness (QED) is 0.445. The zero-order valence-electron chi connectivity index (χ0n) is 16.3. The number of halogens is 2. The Morgan fingerprint density at radius 2 is 1.41 bits per heavy atom. The summed E-state index contributed by atoms with van der Waals surface area (Å²) in [5.41, 5.74) is 2.87. The van der Waals surface area contributed by atoms with Crippen LogP contribution in [0.4, 0.5) is 8.78 Å². The molecular weight excluding hydrogens is 370 g/mol. The first-order valence-electron chi connectivity index (χ1n) is 9.68. The maximum absolute atomic E-state index is 14.6. The van der Waals surface area contributed by atoms with Gasteiger partial charge in [0.1, 0.15) is 5.75 Å². The van der Waals surface area contributed by atoms with Crippen LogP contribution in [0.3, 0.4) is 0 Å². The Balaban J connectivity index is 1.76. The predicted octanol–water partition coefficient (Wildman–Crippen LogP) is 6.57. The fourth-order valence-electron chi connectivity index (χ4n) is 3.15. The molecule has 1 unspecified atom stereocenters. The van der Waals surface area contributed by atoms with Gasteiger partial charge in [0.25, 0.3) is 0 Å². The minimum atomic E-state index is -0.867. The van der Waals surface area contributed by atoms with Gasteiger partial charge in [-0.3, -0.25) is 0 Å². The van der Waals surface area contributed by atoms with Crippen LogP contribution in [-0.2, 0) is 0 Å². The van der Waals surface area contributed by atoms with Gasteiger partial charge < -0.3 is 10.2 Å². The molecule has 0 aromatic heterocycles. The summed E-state index contributed by atoms with van der Waals surface area (Å²) in [6.45, 7) is 1.73. The van der Waals surface area contributed by atoms with E-state index < -0.39 is 11.6 Å². The maximum Gasteiger partial charge on any atom is 0.167 e. The van der Waals surface area contributed by atoms with Gasteiger partial charge in [-0.15, -0.1) is 0 Å². The SMILES string of the molecule is CC(O)CCC/C=C/c1ccc(-c2ccc(-c3ccc(O)cc3)cc2)c(F)c1F. The van der Waals surface area contributed by atoms with E-state index in [0.29, 0.717) is 18.4 Å². The molecule has 4 heteroatoms. The van der Waals surface area contributed by atoms with Crippen molar-refractivity contribution in [1.82, 2.24) is 0 Å². The number of aromatic hydroxyl groups is 1. The average molecular weight is 394 g/mol. The number of hydrogen-bond acceptors (Lipinski definition) is 2. The molecule has 0 heterocycles. The van der Waals surface area contributed by atoms with Crippen LogP contribution in [0.25, 0.3) is 28.3 Å². The summed E-state index contributed by atoms with van der Waals surface area (Å²) in [4.78, 5) is 0. The summed E-state index contributed by atoms with van der Waals surface area (Å²) in [7, 11) is 0. The minimum Gasteiger partial charge on any atom is -0.508 e. The van der Waals surface area contributed by atoms with Crippen molar-refractivity contribution in [1.29, 1.82) is 0 Å². The molecule has 0 radical (unpaired) electrons. The lowest BCUT2D eigenvalue weighted by Gasteiger charge is -2.08. The van der Waals surface area contributed by atoms with Gasteiger partial charge >= 0.3 is 0 Å². The zero-order chi connectivity index (χ0) is 20.8. The van der Waals surface area contributed by atoms with Crippen LogP contribution in [0.1, 0.15) is 31.7 Å². The lowest BCUT2D eigenvalue weighted by Crippen LogP contribution is -1.97. The van der Waals surface area contributed by atoms with E-state index in [1.807, 2.05) is 12.1 Å². The first-order valence-corrected chi connectivity index (χ1v) is 9.68. The van der Waals surface area contributed by atoms with Crippen LogP contribution in [0, 0.1) is 11.6 Å². The van der Waals surface area contributed by atoms with Gasteiger partial charge in [-0.05, 0) is 55.0 Å². The normalized spacial score (nSPS) is 12.4. The number of aliphatic hydroxyl groups excluding tert-OH is 1. The highest BCUT2D eigenvalue weighted by atomic mass is 19.2. The molecule has 150 valence electrons. The average Bonchev–Trinajstić information content (AvgIpc) is 2.71. The van der Waals surface area contributed by atoms with Crippen molar-refractivity contribution in [2.75, 3.05) is 0 Å². The number of allylic oxidation sites excluding steroid dienone is 1. The smallest absolute Gasteiger partial charge is 0.167 e. The summed E-state index contributed by atoms with van der Waals surface area (Å²) in [6.07, 6.45) is 5.21. The van der Waals surface area contributed by atoms with Crippen molar-refractivity contribution >= 4 is 6.08 Å². The highest BCUT2D eigenvalue weighted by Crippen LogP contribution is 2.30. The number of phenolic OH excluding ortho intramolecular Hbond substituents is 1. The van der Waals surface area contributed by atoms with E-state index in [9.17, 15) is 19.0 Å². The molecular formula is C25H24F2O2. The van der Waals surface area contributed by atoms with Gasteiger partial charge in [0, 0.05) is 11.1 Å². The summed E-state index contributed by atoms with van der Waals surface area (Å²) >= 11 is 0. The summed E-state index contributed by atoms with van der Waals surface area (Å²) in [5, 5.41) is 18.6. The molecule has 0 saturated heterocycles. The first-order chi connectivity index (χ1) is 14.0. The minimum absolute atomic E-state index is 0.194. The summed E-state index contributed by atoms with van der Waals surface area (Å²) < 4.78 is 29.1. The standard InChI is InChI=1S/C25H24F2O2/c1-17(28)5-3-2-4-6-21-13-16-23(25(27)24(21)26)20-9-7-18(8-10-20)19-11-14-22(29)15-12-19/h4,6-17,28-29H,2-3,5H2,1H3/b6-4+. The Labute approximate surface area is 169 Å². The topological polar surface area (TPSA) is 40.5 Å². The van der Waals surface area contributed by atoms with Gasteiger partial charge in [0.2, 0.25) is 0 Å². The third kappa shape index (κ3) is 5.30. The van der Waals surface area contributed by atoms with Gasteiger partial charge in [-0.1, -0.05) is 60.7 Å². The molecule has 0 aliphatic rings. The zero-order valence-corrected chi connectivity index (χ0v) is 16.3. The van der Waals surface area contributed by atoms with Crippen LogP contribution in [-0.4, -0.2) is 16.3 Å². The van der Waals surface area contributed by atoms with E-state index in [0.717, 1.165) is 17.5 Å². The lowest BCUT2D eigenvalue weighted by atomic mass is 9.98. The lowest BCUT2D eigenvalue weighted by molar-refractivity contribution is 0.182. The molecule has 3 aromatic rings. The summed E-state index contributed by atoms with van der Waals surface area (Å²) in [5.74, 6) is -1.54. The highest BCUT2D eigenvalue weighted by Gasteiger charge is 2.13. The number of rotatable bonds is 7. The van der Waals surface area contributed by atoms with E-state index in [-0.39, 0.29) is 23.0 Å². The molecule has 29 heavy (non-hydrogen) atoms. The number of hydrogen-bond donors (Lipinski definition) is 2. The fraction of sp³-hybridized carbons (Fsp3) is 0.200. The van der Waals surface area contributed by atoms with Crippen molar-refractivity contribution < 1.29 is 19.0 Å². The second kappa shape index (κ2) is 9.48. The van der Waals surface area contributed by atoms with Crippen molar-refractivity contribution in [2.45, 2.75) is 32.3 Å². The number of aliphatic hydroxyl groups is 1. The van der Waals surface area contributed by atoms with Gasteiger partial charge in [0.05, 0.1) is 6.10 Å². The van der Waals surface area contributed by atoms with Gasteiger partial charge in [-0.25, -0.2) is 8.78 Å². The Bertz CT molecular complexity index is 975. The van der Waals surface area contributed by atoms with Crippen LogP contribution >= 0.6 is 0 Å². The van der Waals surface area contributed by atoms with Crippen LogP contribution in [0.5, 0.6) is 5.75 Å². The monoisotopic (exact) mass is 394 g/mol. The molecule has 1 atom stereocenters. The third-order valence-electron chi connectivity index (χ3n) is 4.80. The fourth-order valence-corrected chi connectivity index (χ4v) is 3.15. The molecule has 3 aromatic carbocycles. The number of unbranched alkanes of at least 4 members (excludes halogenated alkanes) is 1. The molecule has 2 N–H and O–H groups in total. The molecule has 0 spiro atoms. The van der Waals surface area contributed by atoms with Crippen molar-refractivity contribution in [3.8, 4) is 28.0 Å². The molecule has 0 saturated carbocycles. The molecule has 0 fully saturated rings. The van der Waals surface area contributed by atoms with Crippen molar-refractivity contribution in [3.63, 3.8) is 0 Å². The van der Waals surface area contributed by atoms with Crippen LogP contribution in [0.15, 0.2) is 66.7 Å². The Morgan fingerprint density at radius 1 is 0.828 bits per heavy atom. The largest absolute Gasteiger partial charge is 0.508 e. The second-order valence-electron chi connectivity index (χ2n) is 7.14. The Morgan fingerprint density at radius 3 is 2.03 bits per heavy atom. The predicted molar refractivity (Wildman–Crippen MR) is 113 cm³/mol. The van der Waals surface area contributed by atoms with Gasteiger partial charge in [0.15, 0.2) is 11.6 Å². The van der Waals surface area contributed by atoms with E-state index in [4.69, 9.17) is 0 Å². The molecule has 2 nitrogen and oxygen atoms in total. The van der Waals surface area contributed by atoms with Gasteiger partial charge in [-0.2, -0.15) is 0 Å². The van der Waals surface area contributed by atoms with Crippen LogP contribution < -0.4 is 0 Å². The molecule has 0 aliphatic heterocycles. The Kier molecular flexibility index (Phi) is 6.78. The number of phenols is 1. The number of benzene rings is 3. The van der Waals surface area contributed by atoms with Crippen molar-refractivity contribution in [3.05, 3.63) is 83.9 Å². The highest BCUT2D eigenvalue weighted by molar-refractivity contribution is 5.72. The third-order valence-corrected chi connectivity index (χ3v) is 4.80. The maximum atomic E-state index is 14.6. The van der Waals surface area contributed by atoms with Crippen molar-refractivity contribution in [2.24, 2.45) is 0 Å². The van der Waals surface area contributed by atoms with E-state index in [1.165, 1.54) is 0 Å². The van der Waals surface area contributed by atoms with Crippen LogP contribution in [0.2, 0.25) is 0 Å². The van der Waals surface area contributed by atoms with E-state index in [1.54, 1.807) is 67.6 Å². The molecule has 0 amide bonds. The second-order valence-corrected chi connectivity index (χ2v) is 7.14.